The van der Waals surface area contributed by atoms with Gasteiger partial charge < -0.3 is 25.2 Å². The monoisotopic (exact) mass is 460 g/mol. The largest absolute Gasteiger partial charge is 0.494 e. The minimum Gasteiger partial charge on any atom is -0.494 e. The lowest BCUT2D eigenvalue weighted by Gasteiger charge is -2.29. The molecule has 0 saturated carbocycles. The van der Waals surface area contributed by atoms with Crippen molar-refractivity contribution in [2.75, 3.05) is 19.7 Å². The molecule has 1 aromatic rings. The first-order valence-corrected chi connectivity index (χ1v) is 11.3. The van der Waals surface area contributed by atoms with Crippen molar-refractivity contribution in [2.45, 2.75) is 38.9 Å². The maximum absolute atomic E-state index is 13.3. The molecule has 0 aromatic heterocycles. The van der Waals surface area contributed by atoms with Crippen molar-refractivity contribution in [1.29, 1.82) is 0 Å². The highest BCUT2D eigenvalue weighted by molar-refractivity contribution is 7.53. The highest BCUT2D eigenvalue weighted by atomic mass is 31.2. The van der Waals surface area contributed by atoms with Crippen LogP contribution in [-0.2, 0) is 11.1 Å². The maximum atomic E-state index is 13.3. The summed E-state index contributed by atoms with van der Waals surface area (Å²) in [6, 6.07) is 4.60. The molecule has 0 spiro atoms. The Hall–Kier alpha value is -2.49. The second-order valence-electron chi connectivity index (χ2n) is 6.94. The fraction of sp³-hybridized carbons (Fsp3) is 0.474. The molecule has 1 aliphatic heterocycles. The number of hydrogen-bond acceptors (Lipinski definition) is 5. The Morgan fingerprint density at radius 2 is 2.03 bits per heavy atom. The van der Waals surface area contributed by atoms with Gasteiger partial charge in [0.25, 0.3) is 0 Å². The highest BCUT2D eigenvalue weighted by Gasteiger charge is 2.47. The van der Waals surface area contributed by atoms with Gasteiger partial charge in [0, 0.05) is 25.6 Å². The molecule has 2 amide bonds. The summed E-state index contributed by atoms with van der Waals surface area (Å²) >= 11 is 0. The summed E-state index contributed by atoms with van der Waals surface area (Å²) in [4.78, 5) is 37.5. The Kier molecular flexibility index (Phi) is 7.80. The first-order chi connectivity index (χ1) is 14.4. The molecule has 9 nitrogen and oxygen atoms in total. The number of amides is 2. The second kappa shape index (κ2) is 9.76. The predicted molar refractivity (Wildman–Crippen MR) is 112 cm³/mol. The molecule has 172 valence electrons. The lowest BCUT2D eigenvalue weighted by Crippen LogP contribution is -2.44. The number of fused-ring (bicyclic) bond motifs is 1. The molecular weight excluding hydrogens is 433 g/mol. The van der Waals surface area contributed by atoms with E-state index < -0.39 is 19.7 Å². The Bertz CT molecular complexity index is 915. The van der Waals surface area contributed by atoms with Crippen molar-refractivity contribution in [2.24, 2.45) is 10.7 Å². The number of carbonyl (C=O) groups excluding carboxylic acids is 1. The predicted octanol–water partition coefficient (Wildman–Crippen LogP) is 3.40. The summed E-state index contributed by atoms with van der Waals surface area (Å²) in [5, 5.41) is 0. The molecule has 1 heterocycles. The number of nitrogens with two attached hydrogens (primary N) is 1. The fourth-order valence-corrected chi connectivity index (χ4v) is 3.39. The third kappa shape index (κ3) is 5.81. The van der Waals surface area contributed by atoms with Crippen LogP contribution in [-0.4, -0.2) is 56.8 Å². The van der Waals surface area contributed by atoms with Gasteiger partial charge in [-0.15, -0.1) is 0 Å². The molecule has 0 bridgehead atoms. The third-order valence-electron chi connectivity index (χ3n) is 4.83. The molecular formula is C19H27F2N4O5P. The summed E-state index contributed by atoms with van der Waals surface area (Å²) in [7, 11) is -5.50. The molecule has 0 fully saturated rings. The number of alkyl halides is 2. The van der Waals surface area contributed by atoms with Crippen LogP contribution in [0.1, 0.15) is 32.3 Å². The third-order valence-corrected chi connectivity index (χ3v) is 5.91. The summed E-state index contributed by atoms with van der Waals surface area (Å²) in [5.41, 5.74) is 3.33. The van der Waals surface area contributed by atoms with Gasteiger partial charge in [-0.3, -0.25) is 9.46 Å². The molecule has 1 aliphatic rings. The Balaban J connectivity index is 2.12. The van der Waals surface area contributed by atoms with Gasteiger partial charge in [0.2, 0.25) is 0 Å². The molecule has 12 heteroatoms. The average molecular weight is 460 g/mol. The lowest BCUT2D eigenvalue weighted by molar-refractivity contribution is 0.0445. The summed E-state index contributed by atoms with van der Waals surface area (Å²) in [6.07, 6.45) is -1.26. The van der Waals surface area contributed by atoms with Gasteiger partial charge in [-0.2, -0.15) is 8.78 Å². The number of aliphatic imine (C=N–C) groups is 1. The van der Waals surface area contributed by atoms with E-state index >= 15 is 0 Å². The zero-order chi connectivity index (χ0) is 23.4. The first kappa shape index (κ1) is 24.8. The summed E-state index contributed by atoms with van der Waals surface area (Å²) < 4.78 is 42.8. The van der Waals surface area contributed by atoms with Crippen LogP contribution >= 0.6 is 7.60 Å². The van der Waals surface area contributed by atoms with Crippen LogP contribution in [0.15, 0.2) is 35.5 Å². The standard InChI is InChI=1S/C19H27F2N4O5P/c1-4-24(5-2)18(26)25-12-14-7-8-15(11-16(14)23-17(22)13(25)3)30-10-6-9-19(20,21)31(27,28)29/h7-8,11H,3-6,9-10,12H2,1-2H3,(H2,22,23)(H2,27,28,29). The second-order valence-corrected chi connectivity index (χ2v) is 8.68. The van der Waals surface area contributed by atoms with Crippen molar-refractivity contribution in [3.8, 4) is 5.75 Å². The molecule has 0 aliphatic carbocycles. The molecule has 0 unspecified atom stereocenters. The number of urea groups is 1. The van der Waals surface area contributed by atoms with E-state index in [4.69, 9.17) is 20.3 Å². The Labute approximate surface area is 179 Å². The van der Waals surface area contributed by atoms with Gasteiger partial charge in [-0.1, -0.05) is 12.6 Å². The van der Waals surface area contributed by atoms with Crippen LogP contribution in [0.3, 0.4) is 0 Å². The molecule has 0 atom stereocenters. The average Bonchev–Trinajstić information content (AvgIpc) is 2.81. The first-order valence-electron chi connectivity index (χ1n) is 9.70. The van der Waals surface area contributed by atoms with E-state index in [1.54, 1.807) is 23.1 Å². The van der Waals surface area contributed by atoms with Crippen LogP contribution in [0.5, 0.6) is 5.75 Å². The van der Waals surface area contributed by atoms with Crippen LogP contribution in [0.2, 0.25) is 0 Å². The molecule has 31 heavy (non-hydrogen) atoms. The topological polar surface area (TPSA) is 129 Å². The lowest BCUT2D eigenvalue weighted by atomic mass is 10.1. The number of carbonyl (C=O) groups is 1. The minimum atomic E-state index is -5.50. The molecule has 0 saturated heterocycles. The van der Waals surface area contributed by atoms with Crippen LogP contribution in [0.25, 0.3) is 0 Å². The van der Waals surface area contributed by atoms with E-state index in [2.05, 4.69) is 11.6 Å². The van der Waals surface area contributed by atoms with Crippen molar-refractivity contribution < 1.29 is 32.7 Å². The van der Waals surface area contributed by atoms with Crippen molar-refractivity contribution in [3.63, 3.8) is 0 Å². The van der Waals surface area contributed by atoms with Gasteiger partial charge in [-0.25, -0.2) is 9.79 Å². The number of amidine groups is 1. The Morgan fingerprint density at radius 3 is 2.61 bits per heavy atom. The van der Waals surface area contributed by atoms with Gasteiger partial charge in [0.05, 0.1) is 24.5 Å². The van der Waals surface area contributed by atoms with Crippen molar-refractivity contribution in [1.82, 2.24) is 9.80 Å². The molecule has 1 aromatic carbocycles. The van der Waals surface area contributed by atoms with Crippen molar-refractivity contribution in [3.05, 3.63) is 36.0 Å². The highest BCUT2D eigenvalue weighted by Crippen LogP contribution is 2.55. The summed E-state index contributed by atoms with van der Waals surface area (Å²) in [6.45, 7) is 8.68. The van der Waals surface area contributed by atoms with E-state index in [0.717, 1.165) is 0 Å². The van der Waals surface area contributed by atoms with E-state index in [1.165, 1.54) is 4.90 Å². The van der Waals surface area contributed by atoms with Crippen LogP contribution in [0, 0.1) is 0 Å². The molecule has 0 radical (unpaired) electrons. The fourth-order valence-electron chi connectivity index (χ4n) is 2.94. The van der Waals surface area contributed by atoms with Gasteiger partial charge >= 0.3 is 19.3 Å². The SMILES string of the molecule is C=C1C(N)=Nc2cc(OCCCC(F)(F)P(=O)(O)O)ccc2CN1C(=O)N(CC)CC. The summed E-state index contributed by atoms with van der Waals surface area (Å²) in [5.74, 6) is 0.390. The maximum Gasteiger partial charge on any atom is 0.394 e. The minimum absolute atomic E-state index is 0.0673. The number of ether oxygens (including phenoxy) is 1. The van der Waals surface area contributed by atoms with E-state index in [-0.39, 0.29) is 37.1 Å². The van der Waals surface area contributed by atoms with E-state index in [0.29, 0.717) is 30.1 Å². The van der Waals surface area contributed by atoms with E-state index in [1.807, 2.05) is 13.8 Å². The van der Waals surface area contributed by atoms with Gasteiger partial charge in [-0.05, 0) is 31.9 Å². The van der Waals surface area contributed by atoms with Crippen LogP contribution < -0.4 is 10.5 Å². The normalized spacial score (nSPS) is 14.6. The van der Waals surface area contributed by atoms with E-state index in [9.17, 15) is 18.1 Å². The number of halogens is 2. The van der Waals surface area contributed by atoms with Crippen LogP contribution in [0.4, 0.5) is 19.3 Å². The molecule has 4 N–H and O–H groups in total. The van der Waals surface area contributed by atoms with Crippen molar-refractivity contribution >= 4 is 25.1 Å². The molecule has 2 rings (SSSR count). The zero-order valence-corrected chi connectivity index (χ0v) is 18.3. The smallest absolute Gasteiger partial charge is 0.394 e. The number of nitrogens with zero attached hydrogens (tertiary/aromatic N) is 3. The Morgan fingerprint density at radius 1 is 1.39 bits per heavy atom. The van der Waals surface area contributed by atoms with Gasteiger partial charge in [0.1, 0.15) is 11.6 Å². The number of hydrogen-bond donors (Lipinski definition) is 3. The van der Waals surface area contributed by atoms with Gasteiger partial charge in [0.15, 0.2) is 0 Å². The number of rotatable bonds is 8. The quantitative estimate of drug-likeness (QED) is 0.403. The number of benzene rings is 1. The zero-order valence-electron chi connectivity index (χ0n) is 17.4.